The zero-order valence-electron chi connectivity index (χ0n) is 13.6. The van der Waals surface area contributed by atoms with Crippen LogP contribution < -0.4 is 10.1 Å². The van der Waals surface area contributed by atoms with E-state index in [2.05, 4.69) is 26.2 Å². The molecule has 1 aromatic carbocycles. The number of aryl methyl sites for hydroxylation is 2. The maximum Gasteiger partial charge on any atom is 0.262 e. The summed E-state index contributed by atoms with van der Waals surface area (Å²) in [5.41, 5.74) is 2.01. The highest BCUT2D eigenvalue weighted by atomic mass is 79.9. The van der Waals surface area contributed by atoms with Gasteiger partial charge in [0.1, 0.15) is 17.3 Å². The molecule has 3 rings (SSSR count). The van der Waals surface area contributed by atoms with Crippen molar-refractivity contribution in [3.63, 3.8) is 0 Å². The van der Waals surface area contributed by atoms with Crippen LogP contribution in [-0.2, 0) is 0 Å². The number of nitrogens with zero attached hydrogens (tertiary/aromatic N) is 1. The van der Waals surface area contributed by atoms with Crippen molar-refractivity contribution < 1.29 is 13.9 Å². The van der Waals surface area contributed by atoms with Gasteiger partial charge in [-0.15, -0.1) is 11.3 Å². The Balaban J connectivity index is 1.82. The third kappa shape index (κ3) is 3.58. The van der Waals surface area contributed by atoms with Crippen LogP contribution in [0.25, 0.3) is 11.3 Å². The van der Waals surface area contributed by atoms with Gasteiger partial charge in [-0.3, -0.25) is 10.1 Å². The molecule has 3 aromatic rings. The average Bonchev–Trinajstić information content (AvgIpc) is 3.12. The van der Waals surface area contributed by atoms with Crippen LogP contribution in [0.2, 0.25) is 5.02 Å². The number of hydrogen-bond donors (Lipinski definition) is 1. The first-order valence-corrected chi connectivity index (χ1v) is 9.32. The van der Waals surface area contributed by atoms with E-state index in [4.69, 9.17) is 20.8 Å². The van der Waals surface area contributed by atoms with Gasteiger partial charge in [0.2, 0.25) is 0 Å². The molecule has 0 fully saturated rings. The zero-order chi connectivity index (χ0) is 18.1. The number of carbonyl (C=O) groups excluding carboxylic acids is 1. The maximum atomic E-state index is 12.4. The van der Waals surface area contributed by atoms with E-state index in [1.54, 1.807) is 21.0 Å². The summed E-state index contributed by atoms with van der Waals surface area (Å²) in [5, 5.41) is 5.45. The second-order valence-electron chi connectivity index (χ2n) is 5.24. The molecular weight excluding hydrogens is 428 g/mol. The summed E-state index contributed by atoms with van der Waals surface area (Å²) in [4.78, 5) is 16.9. The van der Waals surface area contributed by atoms with E-state index in [0.717, 1.165) is 21.5 Å². The fraction of sp³-hybridized carbons (Fsp3) is 0.176. The zero-order valence-corrected chi connectivity index (χ0v) is 16.8. The number of amides is 1. The quantitative estimate of drug-likeness (QED) is 0.564. The van der Waals surface area contributed by atoms with Gasteiger partial charge >= 0.3 is 0 Å². The van der Waals surface area contributed by atoms with E-state index in [9.17, 15) is 4.79 Å². The molecule has 0 bridgehead atoms. The number of halogens is 2. The fourth-order valence-electron chi connectivity index (χ4n) is 2.36. The summed E-state index contributed by atoms with van der Waals surface area (Å²) in [6.07, 6.45) is 0. The highest BCUT2D eigenvalue weighted by Crippen LogP contribution is 2.33. The van der Waals surface area contributed by atoms with Gasteiger partial charge in [-0.05, 0) is 48.0 Å². The Kier molecular flexibility index (Phi) is 5.17. The SMILES string of the molecule is COc1ccc(-c2csc(NC(=O)c3c(C)oc(C)c3Cl)n2)cc1Br. The molecule has 0 aliphatic carbocycles. The second kappa shape index (κ2) is 7.19. The summed E-state index contributed by atoms with van der Waals surface area (Å²) in [5.74, 6) is 1.41. The normalized spacial score (nSPS) is 10.8. The van der Waals surface area contributed by atoms with Crippen molar-refractivity contribution in [1.82, 2.24) is 4.98 Å². The van der Waals surface area contributed by atoms with Crippen molar-refractivity contribution in [1.29, 1.82) is 0 Å². The van der Waals surface area contributed by atoms with Gasteiger partial charge in [-0.2, -0.15) is 0 Å². The fourth-order valence-corrected chi connectivity index (χ4v) is 3.88. The molecule has 0 atom stereocenters. The molecule has 0 unspecified atom stereocenters. The van der Waals surface area contributed by atoms with Crippen LogP contribution in [0, 0.1) is 13.8 Å². The molecule has 2 heterocycles. The molecule has 25 heavy (non-hydrogen) atoms. The van der Waals surface area contributed by atoms with Crippen molar-refractivity contribution in [2.75, 3.05) is 12.4 Å². The number of carbonyl (C=O) groups is 1. The Morgan fingerprint density at radius 3 is 2.72 bits per heavy atom. The summed E-state index contributed by atoms with van der Waals surface area (Å²) in [6.45, 7) is 3.42. The monoisotopic (exact) mass is 440 g/mol. The minimum atomic E-state index is -0.337. The van der Waals surface area contributed by atoms with Gasteiger partial charge in [-0.1, -0.05) is 11.6 Å². The van der Waals surface area contributed by atoms with Crippen LogP contribution >= 0.6 is 38.9 Å². The topological polar surface area (TPSA) is 64.4 Å². The molecule has 1 amide bonds. The van der Waals surface area contributed by atoms with Gasteiger partial charge in [0.25, 0.3) is 5.91 Å². The minimum absolute atomic E-state index is 0.325. The van der Waals surface area contributed by atoms with Crippen LogP contribution in [0.5, 0.6) is 5.75 Å². The lowest BCUT2D eigenvalue weighted by Gasteiger charge is -2.04. The van der Waals surface area contributed by atoms with Gasteiger partial charge in [0, 0.05) is 10.9 Å². The number of anilines is 1. The number of aromatic nitrogens is 1. The lowest BCUT2D eigenvalue weighted by molar-refractivity contribution is 0.102. The number of furan rings is 1. The summed E-state index contributed by atoms with van der Waals surface area (Å²) < 4.78 is 11.4. The highest BCUT2D eigenvalue weighted by molar-refractivity contribution is 9.10. The first-order chi connectivity index (χ1) is 11.9. The number of hydrogen-bond acceptors (Lipinski definition) is 5. The predicted molar refractivity (Wildman–Crippen MR) is 103 cm³/mol. The Bertz CT molecular complexity index is 952. The average molecular weight is 442 g/mol. The highest BCUT2D eigenvalue weighted by Gasteiger charge is 2.21. The van der Waals surface area contributed by atoms with Crippen LogP contribution in [0.1, 0.15) is 21.9 Å². The Morgan fingerprint density at radius 1 is 1.36 bits per heavy atom. The van der Waals surface area contributed by atoms with Gasteiger partial charge in [0.15, 0.2) is 5.13 Å². The molecule has 8 heteroatoms. The third-order valence-electron chi connectivity index (χ3n) is 3.59. The molecular formula is C17H14BrClN2O3S. The summed E-state index contributed by atoms with van der Waals surface area (Å²) in [6, 6.07) is 5.68. The van der Waals surface area contributed by atoms with E-state index in [-0.39, 0.29) is 5.91 Å². The van der Waals surface area contributed by atoms with Gasteiger partial charge in [-0.25, -0.2) is 4.98 Å². The van der Waals surface area contributed by atoms with E-state index in [1.807, 2.05) is 23.6 Å². The third-order valence-corrected chi connectivity index (χ3v) is 5.42. The van der Waals surface area contributed by atoms with E-state index >= 15 is 0 Å². The number of nitrogens with one attached hydrogen (secondary N) is 1. The molecule has 0 saturated heterocycles. The summed E-state index contributed by atoms with van der Waals surface area (Å²) >= 11 is 10.9. The first kappa shape index (κ1) is 18.0. The first-order valence-electron chi connectivity index (χ1n) is 7.27. The van der Waals surface area contributed by atoms with E-state index in [0.29, 0.717) is 27.2 Å². The van der Waals surface area contributed by atoms with Crippen molar-refractivity contribution in [3.8, 4) is 17.0 Å². The molecule has 130 valence electrons. The number of benzene rings is 1. The number of thiazole rings is 1. The van der Waals surface area contributed by atoms with Crippen LogP contribution in [0.4, 0.5) is 5.13 Å². The number of methoxy groups -OCH3 is 1. The molecule has 2 aromatic heterocycles. The smallest absolute Gasteiger partial charge is 0.262 e. The van der Waals surface area contributed by atoms with Gasteiger partial charge in [0.05, 0.1) is 27.9 Å². The van der Waals surface area contributed by atoms with Crippen LogP contribution in [0.3, 0.4) is 0 Å². The Labute approximate surface area is 162 Å². The summed E-state index contributed by atoms with van der Waals surface area (Å²) in [7, 11) is 1.61. The molecule has 0 spiro atoms. The van der Waals surface area contributed by atoms with E-state index < -0.39 is 0 Å². The number of ether oxygens (including phenoxy) is 1. The molecule has 5 nitrogen and oxygen atoms in total. The molecule has 0 aliphatic heterocycles. The van der Waals surface area contributed by atoms with Crippen molar-refractivity contribution in [2.45, 2.75) is 13.8 Å². The standard InChI is InChI=1S/C17H14BrClN2O3S/c1-8-14(15(19)9(2)24-8)16(22)21-17-20-12(7-25-17)10-4-5-13(23-3)11(18)6-10/h4-7H,1-3H3,(H,20,21,22). The maximum absolute atomic E-state index is 12.4. The van der Waals surface area contributed by atoms with Crippen molar-refractivity contribution >= 4 is 49.9 Å². The Hall–Kier alpha value is -1.83. The lowest BCUT2D eigenvalue weighted by atomic mass is 10.2. The number of rotatable bonds is 4. The van der Waals surface area contributed by atoms with Crippen molar-refractivity contribution in [3.05, 3.63) is 50.2 Å². The largest absolute Gasteiger partial charge is 0.496 e. The predicted octanol–water partition coefficient (Wildman–Crippen LogP) is 5.70. The second-order valence-corrected chi connectivity index (χ2v) is 7.34. The van der Waals surface area contributed by atoms with E-state index in [1.165, 1.54) is 11.3 Å². The van der Waals surface area contributed by atoms with Gasteiger partial charge < -0.3 is 9.15 Å². The minimum Gasteiger partial charge on any atom is -0.496 e. The van der Waals surface area contributed by atoms with Crippen molar-refractivity contribution in [2.24, 2.45) is 0 Å². The molecule has 0 saturated carbocycles. The Morgan fingerprint density at radius 2 is 2.12 bits per heavy atom. The van der Waals surface area contributed by atoms with Crippen LogP contribution in [0.15, 0.2) is 32.5 Å². The van der Waals surface area contributed by atoms with Crippen LogP contribution in [-0.4, -0.2) is 18.0 Å². The molecule has 0 radical (unpaired) electrons. The lowest BCUT2D eigenvalue weighted by Crippen LogP contribution is -2.12. The molecule has 0 aliphatic rings. The molecule has 1 N–H and O–H groups in total.